The fourth-order valence-electron chi connectivity index (χ4n) is 3.00. The molecule has 0 bridgehead atoms. The van der Waals surface area contributed by atoms with Crippen molar-refractivity contribution in [2.45, 2.75) is 40.2 Å². The summed E-state index contributed by atoms with van der Waals surface area (Å²) in [5.74, 6) is -0.504. The third kappa shape index (κ3) is 4.54. The lowest BCUT2D eigenvalue weighted by atomic mass is 10.2. The van der Waals surface area contributed by atoms with Gasteiger partial charge in [-0.3, -0.25) is 19.0 Å². The fraction of sp³-hybridized carbons (Fsp3) is 0.333. The highest BCUT2D eigenvalue weighted by atomic mass is 32.1. The number of aromatic nitrogens is 2. The zero-order valence-electron chi connectivity index (χ0n) is 16.7. The van der Waals surface area contributed by atoms with E-state index in [1.807, 2.05) is 38.1 Å². The van der Waals surface area contributed by atoms with Crippen LogP contribution in [0.2, 0.25) is 0 Å². The predicted octanol–water partition coefficient (Wildman–Crippen LogP) is 3.24. The van der Waals surface area contributed by atoms with Crippen LogP contribution >= 0.6 is 11.3 Å². The average molecular weight is 413 g/mol. The first kappa shape index (κ1) is 20.7. The van der Waals surface area contributed by atoms with Crippen LogP contribution in [0.4, 0.5) is 5.69 Å². The molecule has 0 aliphatic rings. The van der Waals surface area contributed by atoms with Crippen LogP contribution in [0.15, 0.2) is 35.4 Å². The van der Waals surface area contributed by atoms with E-state index < -0.39 is 0 Å². The summed E-state index contributed by atoms with van der Waals surface area (Å²) >= 11 is 1.18. The van der Waals surface area contributed by atoms with Crippen LogP contribution in [0.25, 0.3) is 10.2 Å². The van der Waals surface area contributed by atoms with Gasteiger partial charge in [0.05, 0.1) is 16.6 Å². The highest BCUT2D eigenvalue weighted by Crippen LogP contribution is 2.28. The van der Waals surface area contributed by atoms with Crippen molar-refractivity contribution in [2.24, 2.45) is 0 Å². The summed E-state index contributed by atoms with van der Waals surface area (Å²) in [5, 5.41) is 6.07. The minimum Gasteiger partial charge on any atom is -0.355 e. The van der Waals surface area contributed by atoms with E-state index in [1.165, 1.54) is 22.2 Å². The molecule has 0 saturated heterocycles. The van der Waals surface area contributed by atoms with E-state index in [1.54, 1.807) is 6.92 Å². The number of hydrogen-bond acceptors (Lipinski definition) is 5. The maximum Gasteiger partial charge on any atom is 0.266 e. The van der Waals surface area contributed by atoms with Crippen LogP contribution < -0.4 is 16.2 Å². The van der Waals surface area contributed by atoms with Gasteiger partial charge in [-0.1, -0.05) is 31.5 Å². The molecule has 29 heavy (non-hydrogen) atoms. The number of carbonyl (C=O) groups is 2. The monoisotopic (exact) mass is 412 g/mol. The van der Waals surface area contributed by atoms with Gasteiger partial charge in [0.1, 0.15) is 11.4 Å². The first-order chi connectivity index (χ1) is 13.9. The summed E-state index contributed by atoms with van der Waals surface area (Å²) < 4.78 is 1.28. The summed E-state index contributed by atoms with van der Waals surface area (Å²) in [6, 6.07) is 7.50. The zero-order chi connectivity index (χ0) is 21.0. The highest BCUT2D eigenvalue weighted by Gasteiger charge is 2.20. The van der Waals surface area contributed by atoms with E-state index in [9.17, 15) is 14.4 Å². The van der Waals surface area contributed by atoms with Crippen LogP contribution in [0.1, 0.15) is 40.6 Å². The lowest BCUT2D eigenvalue weighted by Crippen LogP contribution is -2.32. The van der Waals surface area contributed by atoms with Gasteiger partial charge < -0.3 is 10.6 Å². The van der Waals surface area contributed by atoms with Crippen LogP contribution in [-0.2, 0) is 11.3 Å². The number of fused-ring (bicyclic) bond motifs is 1. The van der Waals surface area contributed by atoms with E-state index in [0.717, 1.165) is 24.1 Å². The molecule has 2 N–H and O–H groups in total. The number of para-hydroxylation sites is 1. The Labute approximate surface area is 172 Å². The molecule has 3 rings (SSSR count). The Morgan fingerprint density at radius 2 is 1.97 bits per heavy atom. The molecule has 0 fully saturated rings. The lowest BCUT2D eigenvalue weighted by molar-refractivity contribution is -0.121. The summed E-state index contributed by atoms with van der Waals surface area (Å²) in [6.07, 6.45) is 3.24. The molecule has 152 valence electrons. The molecule has 2 amide bonds. The largest absolute Gasteiger partial charge is 0.355 e. The second-order valence-corrected chi connectivity index (χ2v) is 7.89. The number of aryl methyl sites for hydroxylation is 2. The minimum atomic E-state index is -0.315. The number of carbonyl (C=O) groups excluding carboxylic acids is 2. The molecule has 0 saturated carbocycles. The molecule has 8 heteroatoms. The fourth-order valence-corrected chi connectivity index (χ4v) is 4.03. The summed E-state index contributed by atoms with van der Waals surface area (Å²) in [6.45, 7) is 6.19. The van der Waals surface area contributed by atoms with Gasteiger partial charge in [-0.25, -0.2) is 4.98 Å². The van der Waals surface area contributed by atoms with E-state index >= 15 is 0 Å². The molecule has 0 unspecified atom stereocenters. The van der Waals surface area contributed by atoms with E-state index in [-0.39, 0.29) is 23.9 Å². The molecular formula is C21H24N4O3S. The van der Waals surface area contributed by atoms with Crippen LogP contribution in [0.3, 0.4) is 0 Å². The van der Waals surface area contributed by atoms with Crippen molar-refractivity contribution in [1.82, 2.24) is 14.9 Å². The Bertz CT molecular complexity index is 1120. The van der Waals surface area contributed by atoms with Gasteiger partial charge >= 0.3 is 0 Å². The van der Waals surface area contributed by atoms with Gasteiger partial charge in [0.15, 0.2) is 0 Å². The SMILES string of the molecule is CCCCNC(=O)Cn1cnc2sc(C(=O)Nc3ccccc3C)c(C)c2c1=O. The molecule has 0 aliphatic carbocycles. The Kier molecular flexibility index (Phi) is 6.43. The zero-order valence-corrected chi connectivity index (χ0v) is 17.6. The van der Waals surface area contributed by atoms with Gasteiger partial charge in [0.25, 0.3) is 11.5 Å². The Hall–Kier alpha value is -3.00. The number of anilines is 1. The van der Waals surface area contributed by atoms with Crippen molar-refractivity contribution in [2.75, 3.05) is 11.9 Å². The molecule has 1 aromatic carbocycles. The number of rotatable bonds is 7. The Balaban J connectivity index is 1.86. The van der Waals surface area contributed by atoms with Gasteiger partial charge in [0, 0.05) is 12.2 Å². The van der Waals surface area contributed by atoms with Gasteiger partial charge in [-0.2, -0.15) is 0 Å². The van der Waals surface area contributed by atoms with Gasteiger partial charge in [-0.15, -0.1) is 11.3 Å². The third-order valence-electron chi connectivity index (χ3n) is 4.68. The smallest absolute Gasteiger partial charge is 0.266 e. The number of amides is 2. The first-order valence-electron chi connectivity index (χ1n) is 9.54. The number of thiophene rings is 1. The lowest BCUT2D eigenvalue weighted by Gasteiger charge is -2.07. The molecule has 0 atom stereocenters. The van der Waals surface area contributed by atoms with Crippen molar-refractivity contribution in [3.63, 3.8) is 0 Å². The van der Waals surface area contributed by atoms with Crippen molar-refractivity contribution < 1.29 is 9.59 Å². The van der Waals surface area contributed by atoms with Crippen LogP contribution in [-0.4, -0.2) is 27.9 Å². The van der Waals surface area contributed by atoms with Crippen molar-refractivity contribution in [3.05, 3.63) is 57.0 Å². The van der Waals surface area contributed by atoms with E-state index in [2.05, 4.69) is 15.6 Å². The van der Waals surface area contributed by atoms with Crippen molar-refractivity contribution in [3.8, 4) is 0 Å². The van der Waals surface area contributed by atoms with Crippen LogP contribution in [0.5, 0.6) is 0 Å². The number of nitrogens with zero attached hydrogens (tertiary/aromatic N) is 2. The number of hydrogen-bond donors (Lipinski definition) is 2. The summed E-state index contributed by atoms with van der Waals surface area (Å²) in [7, 11) is 0. The van der Waals surface area contributed by atoms with Crippen LogP contribution in [0, 0.1) is 13.8 Å². The normalized spacial score (nSPS) is 10.9. The Morgan fingerprint density at radius 3 is 2.69 bits per heavy atom. The maximum absolute atomic E-state index is 12.9. The third-order valence-corrected chi connectivity index (χ3v) is 5.88. The maximum atomic E-state index is 12.9. The number of benzene rings is 1. The highest BCUT2D eigenvalue weighted by molar-refractivity contribution is 7.20. The topological polar surface area (TPSA) is 93.1 Å². The molecule has 0 spiro atoms. The minimum absolute atomic E-state index is 0.0918. The van der Waals surface area contributed by atoms with E-state index in [0.29, 0.717) is 27.2 Å². The number of unbranched alkanes of at least 4 members (excludes halogenated alkanes) is 1. The van der Waals surface area contributed by atoms with Gasteiger partial charge in [0.2, 0.25) is 5.91 Å². The summed E-state index contributed by atoms with van der Waals surface area (Å²) in [4.78, 5) is 42.9. The van der Waals surface area contributed by atoms with Gasteiger partial charge in [-0.05, 0) is 37.5 Å². The second kappa shape index (κ2) is 9.00. The molecule has 0 radical (unpaired) electrons. The molecule has 2 aromatic heterocycles. The first-order valence-corrected chi connectivity index (χ1v) is 10.4. The molecule has 0 aliphatic heterocycles. The molecular weight excluding hydrogens is 388 g/mol. The summed E-state index contributed by atoms with van der Waals surface area (Å²) in [5.41, 5.74) is 1.94. The predicted molar refractivity (Wildman–Crippen MR) is 116 cm³/mol. The molecule has 7 nitrogen and oxygen atoms in total. The quantitative estimate of drug-likeness (QED) is 0.583. The van der Waals surface area contributed by atoms with Crippen molar-refractivity contribution >= 4 is 39.1 Å². The average Bonchev–Trinajstić information content (AvgIpc) is 3.03. The number of nitrogens with one attached hydrogen (secondary N) is 2. The standard InChI is InChI=1S/C21H24N4O3S/c1-4-5-10-22-16(26)11-25-12-23-20-17(21(25)28)14(3)18(29-20)19(27)24-15-9-7-6-8-13(15)2/h6-9,12H,4-5,10-11H2,1-3H3,(H,22,26)(H,24,27). The molecule has 2 heterocycles. The Morgan fingerprint density at radius 1 is 1.21 bits per heavy atom. The second-order valence-electron chi connectivity index (χ2n) is 6.89. The molecule has 3 aromatic rings. The van der Waals surface area contributed by atoms with E-state index in [4.69, 9.17) is 0 Å². The van der Waals surface area contributed by atoms with Crippen molar-refractivity contribution in [1.29, 1.82) is 0 Å².